The molecule has 65 heavy (non-hydrogen) atoms. The lowest BCUT2D eigenvalue weighted by Gasteiger charge is -2.35. The van der Waals surface area contributed by atoms with Crippen molar-refractivity contribution < 1.29 is 0 Å². The van der Waals surface area contributed by atoms with Gasteiger partial charge in [0, 0.05) is 28.5 Å². The second kappa shape index (κ2) is 14.8. The van der Waals surface area contributed by atoms with Crippen LogP contribution in [0.2, 0.25) is 0 Å². The Labute approximate surface area is 378 Å². The Morgan fingerprint density at radius 2 is 0.738 bits per heavy atom. The average Bonchev–Trinajstić information content (AvgIpc) is 3.63. The molecule has 11 aromatic rings. The summed E-state index contributed by atoms with van der Waals surface area (Å²) in [6.45, 7) is 0. The fourth-order valence-electron chi connectivity index (χ4n) is 10.7. The third-order valence-electron chi connectivity index (χ3n) is 13.6. The van der Waals surface area contributed by atoms with Crippen LogP contribution < -0.4 is 0 Å². The third kappa shape index (κ3) is 5.79. The molecule has 0 aliphatic heterocycles. The molecule has 0 saturated carbocycles. The number of rotatable bonds is 5. The molecule has 2 aliphatic carbocycles. The molecule has 9 aromatic carbocycles. The molecule has 0 N–H and O–H groups in total. The van der Waals surface area contributed by atoms with E-state index in [9.17, 15) is 0 Å². The number of hydrogen-bond donors (Lipinski definition) is 0. The number of hydrogen-bond acceptors (Lipinski definition) is 3. The van der Waals surface area contributed by atoms with Gasteiger partial charge in [0.2, 0.25) is 0 Å². The second-order valence-electron chi connectivity index (χ2n) is 17.1. The van der Waals surface area contributed by atoms with Crippen molar-refractivity contribution in [2.75, 3.05) is 0 Å². The Morgan fingerprint density at radius 1 is 0.277 bits per heavy atom. The first-order valence-corrected chi connectivity index (χ1v) is 22.3. The van der Waals surface area contributed by atoms with Crippen LogP contribution in [0.25, 0.3) is 100 Å². The summed E-state index contributed by atoms with van der Waals surface area (Å²) in [5.41, 5.74) is 21.1. The van der Waals surface area contributed by atoms with Crippen LogP contribution in [0.1, 0.15) is 22.3 Å². The Bertz CT molecular complexity index is 3590. The van der Waals surface area contributed by atoms with Crippen molar-refractivity contribution in [2.45, 2.75) is 5.41 Å². The predicted molar refractivity (Wildman–Crippen MR) is 266 cm³/mol. The first-order valence-electron chi connectivity index (χ1n) is 22.3. The van der Waals surface area contributed by atoms with Gasteiger partial charge >= 0.3 is 0 Å². The number of aromatic nitrogens is 3. The molecule has 0 atom stereocenters. The minimum atomic E-state index is -0.542. The molecule has 0 amide bonds. The summed E-state index contributed by atoms with van der Waals surface area (Å²) in [5.74, 6) is 0.668. The second-order valence-corrected chi connectivity index (χ2v) is 17.1. The molecule has 2 aromatic heterocycles. The van der Waals surface area contributed by atoms with Gasteiger partial charge in [0.05, 0.1) is 22.5 Å². The number of benzene rings is 9. The van der Waals surface area contributed by atoms with Gasteiger partial charge in [0.1, 0.15) is 0 Å². The molecule has 1 spiro atoms. The maximum Gasteiger partial charge on any atom is 0.160 e. The standard InChI is InChI=1S/C62H39N3/c1-2-16-46-40(14-1)15-13-22-47(46)41-27-29-43(30-28-41)59-39-60(65-61(64-59)44-33-31-42(32-34-44)58-26-11-12-37-63-58)45-35-36-57-53(38-45)49-18-4-3-17-48(49)50-19-5-8-23-54(50)62(57)55-24-9-6-20-51(55)52-21-7-10-25-56(52)62/h1-39H. The van der Waals surface area contributed by atoms with Crippen LogP contribution in [0.4, 0.5) is 0 Å². The van der Waals surface area contributed by atoms with Crippen LogP contribution in [-0.2, 0) is 5.41 Å². The van der Waals surface area contributed by atoms with Gasteiger partial charge in [-0.05, 0) is 102 Å². The molecule has 302 valence electrons. The maximum absolute atomic E-state index is 5.40. The van der Waals surface area contributed by atoms with Gasteiger partial charge < -0.3 is 0 Å². The van der Waals surface area contributed by atoms with Crippen molar-refractivity contribution in [3.63, 3.8) is 0 Å². The van der Waals surface area contributed by atoms with Gasteiger partial charge in [-0.25, -0.2) is 9.97 Å². The van der Waals surface area contributed by atoms with Crippen molar-refractivity contribution in [1.82, 2.24) is 15.0 Å². The van der Waals surface area contributed by atoms with Crippen LogP contribution in [0, 0.1) is 0 Å². The normalized spacial score (nSPS) is 12.7. The molecule has 0 saturated heterocycles. The minimum absolute atomic E-state index is 0.542. The highest BCUT2D eigenvalue weighted by atomic mass is 14.9. The van der Waals surface area contributed by atoms with E-state index in [1.54, 1.807) is 0 Å². The van der Waals surface area contributed by atoms with Crippen molar-refractivity contribution >= 4 is 10.8 Å². The van der Waals surface area contributed by atoms with Crippen molar-refractivity contribution in [3.05, 3.63) is 259 Å². The molecule has 13 rings (SSSR count). The Morgan fingerprint density at radius 3 is 1.40 bits per heavy atom. The topological polar surface area (TPSA) is 38.7 Å². The van der Waals surface area contributed by atoms with Crippen LogP contribution >= 0.6 is 0 Å². The van der Waals surface area contributed by atoms with Crippen LogP contribution in [0.15, 0.2) is 237 Å². The lowest BCUT2D eigenvalue weighted by molar-refractivity contribution is 0.775. The summed E-state index contributed by atoms with van der Waals surface area (Å²) >= 11 is 0. The molecule has 0 fully saturated rings. The number of fused-ring (bicyclic) bond motifs is 13. The Kier molecular flexibility index (Phi) is 8.44. The van der Waals surface area contributed by atoms with Gasteiger partial charge in [-0.3, -0.25) is 4.98 Å². The van der Waals surface area contributed by atoms with Gasteiger partial charge in [-0.15, -0.1) is 0 Å². The highest BCUT2D eigenvalue weighted by molar-refractivity contribution is 5.99. The van der Waals surface area contributed by atoms with Gasteiger partial charge in [0.25, 0.3) is 0 Å². The largest absolute Gasteiger partial charge is 0.256 e. The van der Waals surface area contributed by atoms with E-state index in [0.717, 1.165) is 39.3 Å². The average molecular weight is 826 g/mol. The van der Waals surface area contributed by atoms with Crippen LogP contribution in [0.5, 0.6) is 0 Å². The van der Waals surface area contributed by atoms with E-state index in [4.69, 9.17) is 9.97 Å². The Hall–Kier alpha value is -8.53. The highest BCUT2D eigenvalue weighted by Gasteiger charge is 2.49. The molecular formula is C62H39N3. The summed E-state index contributed by atoms with van der Waals surface area (Å²) < 4.78 is 0. The molecule has 2 heterocycles. The quantitative estimate of drug-likeness (QED) is 0.173. The maximum atomic E-state index is 5.40. The van der Waals surface area contributed by atoms with Crippen LogP contribution in [-0.4, -0.2) is 15.0 Å². The summed E-state index contributed by atoms with van der Waals surface area (Å²) in [7, 11) is 0. The van der Waals surface area contributed by atoms with Crippen LogP contribution in [0.3, 0.4) is 0 Å². The summed E-state index contributed by atoms with van der Waals surface area (Å²) in [6, 6.07) is 83.5. The zero-order valence-electron chi connectivity index (χ0n) is 35.4. The molecule has 3 heteroatoms. The first-order chi connectivity index (χ1) is 32.2. The summed E-state index contributed by atoms with van der Waals surface area (Å²) in [4.78, 5) is 15.3. The van der Waals surface area contributed by atoms with E-state index in [1.807, 2.05) is 24.4 Å². The van der Waals surface area contributed by atoms with E-state index in [0.29, 0.717) is 5.82 Å². The molecule has 0 bridgehead atoms. The van der Waals surface area contributed by atoms with E-state index in [1.165, 1.54) is 77.5 Å². The van der Waals surface area contributed by atoms with Gasteiger partial charge in [0.15, 0.2) is 5.82 Å². The zero-order chi connectivity index (χ0) is 42.9. The lowest BCUT2D eigenvalue weighted by atomic mass is 9.66. The number of nitrogens with zero attached hydrogens (tertiary/aromatic N) is 3. The minimum Gasteiger partial charge on any atom is -0.256 e. The van der Waals surface area contributed by atoms with E-state index in [2.05, 4.69) is 217 Å². The molecular weight excluding hydrogens is 787 g/mol. The smallest absolute Gasteiger partial charge is 0.160 e. The number of pyridine rings is 1. The van der Waals surface area contributed by atoms with Gasteiger partial charge in [-0.1, -0.05) is 206 Å². The zero-order valence-corrected chi connectivity index (χ0v) is 35.4. The highest BCUT2D eigenvalue weighted by Crippen LogP contribution is 2.61. The fraction of sp³-hybridized carbons (Fsp3) is 0.0161. The van der Waals surface area contributed by atoms with Crippen molar-refractivity contribution in [2.24, 2.45) is 0 Å². The van der Waals surface area contributed by atoms with E-state index < -0.39 is 5.41 Å². The predicted octanol–water partition coefficient (Wildman–Crippen LogP) is 15.4. The summed E-state index contributed by atoms with van der Waals surface area (Å²) in [6.07, 6.45) is 1.83. The molecule has 0 unspecified atom stereocenters. The van der Waals surface area contributed by atoms with E-state index >= 15 is 0 Å². The lowest BCUT2D eigenvalue weighted by Crippen LogP contribution is -2.29. The molecule has 3 nitrogen and oxygen atoms in total. The monoisotopic (exact) mass is 825 g/mol. The SMILES string of the molecule is c1ccc(-c2ccc(-c3nc(-c4ccc(-c5cccc6ccccc56)cc4)cc(-c4ccc5c(c4)-c4ccccc4-c4ccccc4C54c5ccccc5-c5ccccc54)n3)cc2)nc1. The van der Waals surface area contributed by atoms with E-state index in [-0.39, 0.29) is 0 Å². The first kappa shape index (κ1) is 37.1. The third-order valence-corrected chi connectivity index (χ3v) is 13.6. The van der Waals surface area contributed by atoms with Crippen molar-refractivity contribution in [3.8, 4) is 89.7 Å². The molecule has 0 radical (unpaired) electrons. The fourth-order valence-corrected chi connectivity index (χ4v) is 10.7. The van der Waals surface area contributed by atoms with Gasteiger partial charge in [-0.2, -0.15) is 0 Å². The van der Waals surface area contributed by atoms with Crippen molar-refractivity contribution in [1.29, 1.82) is 0 Å². The summed E-state index contributed by atoms with van der Waals surface area (Å²) in [5, 5.41) is 2.47. The Balaban J connectivity index is 1.02. The molecule has 2 aliphatic rings.